The van der Waals surface area contributed by atoms with E-state index in [2.05, 4.69) is 145 Å². The summed E-state index contributed by atoms with van der Waals surface area (Å²) in [6, 6.07) is 31.3. The predicted molar refractivity (Wildman–Crippen MR) is 177 cm³/mol. The van der Waals surface area contributed by atoms with Crippen LogP contribution in [0.4, 0.5) is 0 Å². The van der Waals surface area contributed by atoms with Crippen LogP contribution in [0.5, 0.6) is 0 Å². The Labute approximate surface area is 245 Å². The van der Waals surface area contributed by atoms with Gasteiger partial charge in [-0.3, -0.25) is 0 Å². The Hall–Kier alpha value is -5.00. The molecule has 3 aliphatic carbocycles. The minimum Gasteiger partial charge on any atom is -0.309 e. The lowest BCUT2D eigenvalue weighted by molar-refractivity contribution is 0.512. The Kier molecular flexibility index (Phi) is 4.54. The summed E-state index contributed by atoms with van der Waals surface area (Å²) in [4.78, 5) is 0. The summed E-state index contributed by atoms with van der Waals surface area (Å²) in [6.45, 7) is 7.23. The van der Waals surface area contributed by atoms with Gasteiger partial charge >= 0.3 is 0 Å². The van der Waals surface area contributed by atoms with Crippen molar-refractivity contribution in [2.45, 2.75) is 38.0 Å². The summed E-state index contributed by atoms with van der Waals surface area (Å²) in [5.41, 5.74) is 18.1. The number of hydrogen-bond acceptors (Lipinski definition) is 0. The van der Waals surface area contributed by atoms with E-state index in [1.165, 1.54) is 66.0 Å². The highest BCUT2D eigenvalue weighted by Gasteiger charge is 2.49. The molecule has 0 amide bonds. The predicted octanol–water partition coefficient (Wildman–Crippen LogP) is 10.0. The first-order chi connectivity index (χ1) is 20.5. The molecular formula is C40H30N2. The summed E-state index contributed by atoms with van der Waals surface area (Å²) >= 11 is 0. The van der Waals surface area contributed by atoms with Crippen molar-refractivity contribution in [2.24, 2.45) is 0 Å². The number of allylic oxidation sites excluding steroid dienone is 8. The van der Waals surface area contributed by atoms with Crippen LogP contribution in [-0.4, -0.2) is 9.13 Å². The highest BCUT2D eigenvalue weighted by Crippen LogP contribution is 2.57. The quantitative estimate of drug-likeness (QED) is 0.194. The fourth-order valence-electron chi connectivity index (χ4n) is 8.23. The molecule has 2 nitrogen and oxygen atoms in total. The number of hydrogen-bond donors (Lipinski definition) is 0. The molecule has 1 unspecified atom stereocenters. The lowest BCUT2D eigenvalue weighted by atomic mass is 9.70. The molecule has 0 bridgehead atoms. The molecule has 6 aromatic rings. The van der Waals surface area contributed by atoms with E-state index in [9.17, 15) is 0 Å². The number of benzene rings is 4. The minimum absolute atomic E-state index is 0.00729. The first kappa shape index (κ1) is 23.7. The van der Waals surface area contributed by atoms with Crippen LogP contribution in [0.1, 0.15) is 38.3 Å². The van der Waals surface area contributed by atoms with E-state index in [-0.39, 0.29) is 10.8 Å². The van der Waals surface area contributed by atoms with E-state index >= 15 is 0 Å². The SMILES string of the molecule is CC1(C)C2=CC(n3c4ccccc4c4ccc5c(c6ccccc6n5C5=C=C=CC=C5)c43)=CCC2(C)c2ccccc21. The zero-order valence-corrected chi connectivity index (χ0v) is 24.1. The highest BCUT2D eigenvalue weighted by molar-refractivity contribution is 6.27. The highest BCUT2D eigenvalue weighted by atomic mass is 15.0. The molecule has 0 saturated carbocycles. The van der Waals surface area contributed by atoms with Crippen LogP contribution >= 0.6 is 0 Å². The van der Waals surface area contributed by atoms with E-state index in [1.54, 1.807) is 0 Å². The van der Waals surface area contributed by atoms with Gasteiger partial charge in [-0.1, -0.05) is 105 Å². The number of fused-ring (bicyclic) bond motifs is 10. The van der Waals surface area contributed by atoms with Crippen molar-refractivity contribution < 1.29 is 0 Å². The monoisotopic (exact) mass is 538 g/mol. The van der Waals surface area contributed by atoms with Crippen molar-refractivity contribution in [3.63, 3.8) is 0 Å². The zero-order valence-electron chi connectivity index (χ0n) is 24.1. The van der Waals surface area contributed by atoms with Gasteiger partial charge in [-0.05, 0) is 65.3 Å². The van der Waals surface area contributed by atoms with Crippen molar-refractivity contribution in [3.05, 3.63) is 143 Å². The van der Waals surface area contributed by atoms with E-state index < -0.39 is 0 Å². The number of rotatable bonds is 2. The first-order valence-electron chi connectivity index (χ1n) is 14.9. The third kappa shape index (κ3) is 2.86. The summed E-state index contributed by atoms with van der Waals surface area (Å²) in [6.07, 6.45) is 12.0. The molecule has 0 spiro atoms. The average Bonchev–Trinajstić information content (AvgIpc) is 3.60. The van der Waals surface area contributed by atoms with Crippen LogP contribution in [-0.2, 0) is 10.8 Å². The minimum atomic E-state index is -0.0331. The molecule has 1 atom stereocenters. The van der Waals surface area contributed by atoms with Gasteiger partial charge in [0.15, 0.2) is 0 Å². The topological polar surface area (TPSA) is 9.86 Å². The molecule has 0 saturated heterocycles. The molecule has 2 aromatic heterocycles. The van der Waals surface area contributed by atoms with Gasteiger partial charge in [0.25, 0.3) is 0 Å². The Morgan fingerprint density at radius 3 is 2.19 bits per heavy atom. The molecule has 0 aliphatic heterocycles. The van der Waals surface area contributed by atoms with Crippen molar-refractivity contribution in [3.8, 4) is 0 Å². The van der Waals surface area contributed by atoms with Crippen molar-refractivity contribution in [1.82, 2.24) is 9.13 Å². The fraction of sp³-hybridized carbons (Fsp3) is 0.150. The summed E-state index contributed by atoms with van der Waals surface area (Å²) in [5.74, 6) is 0. The molecule has 0 radical (unpaired) electrons. The molecule has 2 heteroatoms. The van der Waals surface area contributed by atoms with Crippen molar-refractivity contribution in [2.75, 3.05) is 0 Å². The second-order valence-electron chi connectivity index (χ2n) is 12.6. The molecule has 3 aliphatic rings. The Morgan fingerprint density at radius 1 is 0.690 bits per heavy atom. The average molecular weight is 539 g/mol. The Bertz CT molecular complexity index is 2380. The molecule has 0 fully saturated rings. The molecule has 9 rings (SSSR count). The maximum Gasteiger partial charge on any atom is 0.0973 e. The van der Waals surface area contributed by atoms with Gasteiger partial charge < -0.3 is 9.13 Å². The van der Waals surface area contributed by atoms with E-state index in [1.807, 2.05) is 12.2 Å². The van der Waals surface area contributed by atoms with E-state index in [0.29, 0.717) is 0 Å². The van der Waals surface area contributed by atoms with Crippen LogP contribution in [0.2, 0.25) is 0 Å². The van der Waals surface area contributed by atoms with Crippen LogP contribution in [0.3, 0.4) is 0 Å². The van der Waals surface area contributed by atoms with Gasteiger partial charge in [-0.25, -0.2) is 0 Å². The molecule has 42 heavy (non-hydrogen) atoms. The van der Waals surface area contributed by atoms with Crippen LogP contribution in [0, 0.1) is 0 Å². The van der Waals surface area contributed by atoms with Crippen LogP contribution < -0.4 is 0 Å². The lowest BCUT2D eigenvalue weighted by Gasteiger charge is -2.35. The van der Waals surface area contributed by atoms with Crippen LogP contribution in [0.25, 0.3) is 55.0 Å². The number of aromatic nitrogens is 2. The smallest absolute Gasteiger partial charge is 0.0973 e. The van der Waals surface area contributed by atoms with Crippen molar-refractivity contribution in [1.29, 1.82) is 0 Å². The Balaban J connectivity index is 1.41. The van der Waals surface area contributed by atoms with E-state index in [4.69, 9.17) is 0 Å². The normalized spacial score (nSPS) is 20.3. The third-order valence-corrected chi connectivity index (χ3v) is 10.1. The van der Waals surface area contributed by atoms with Crippen molar-refractivity contribution >= 4 is 55.0 Å². The third-order valence-electron chi connectivity index (χ3n) is 10.1. The van der Waals surface area contributed by atoms with Gasteiger partial charge in [0.2, 0.25) is 0 Å². The largest absolute Gasteiger partial charge is 0.309 e. The summed E-state index contributed by atoms with van der Waals surface area (Å²) in [5, 5.41) is 5.10. The van der Waals surface area contributed by atoms with Gasteiger partial charge in [0, 0.05) is 38.1 Å². The summed E-state index contributed by atoms with van der Waals surface area (Å²) in [7, 11) is 0. The first-order valence-corrected chi connectivity index (χ1v) is 14.9. The second kappa shape index (κ2) is 8.05. The molecule has 4 aromatic carbocycles. The number of nitrogens with zero attached hydrogens (tertiary/aromatic N) is 2. The van der Waals surface area contributed by atoms with Crippen LogP contribution in [0.15, 0.2) is 132 Å². The standard InChI is InChI=1S/C40H30N2/c1-39(2)31-17-9-10-18-32(31)40(3)24-23-27(25-36(39)40)42-33-19-11-7-15-28(33)29-21-22-35-37(38(29)42)30-16-8-12-20-34(30)41(35)26-13-5-4-6-14-26/h4-5,7-13,15-23,25H,24H2,1-3H3. The van der Waals surface area contributed by atoms with Gasteiger partial charge in [-0.15, -0.1) is 0 Å². The van der Waals surface area contributed by atoms with Gasteiger partial charge in [0.05, 0.1) is 27.8 Å². The van der Waals surface area contributed by atoms with E-state index in [0.717, 1.165) is 12.1 Å². The Morgan fingerprint density at radius 2 is 1.40 bits per heavy atom. The second-order valence-corrected chi connectivity index (χ2v) is 12.6. The number of para-hydroxylation sites is 2. The maximum atomic E-state index is 3.37. The molecule has 0 N–H and O–H groups in total. The molecule has 2 heterocycles. The maximum absolute atomic E-state index is 3.37. The lowest BCUT2D eigenvalue weighted by Crippen LogP contribution is -2.28. The molecule has 200 valence electrons. The molecular weight excluding hydrogens is 508 g/mol. The van der Waals surface area contributed by atoms with Gasteiger partial charge in [0.1, 0.15) is 0 Å². The fourth-order valence-corrected chi connectivity index (χ4v) is 8.23. The summed E-state index contributed by atoms with van der Waals surface area (Å²) < 4.78 is 4.88. The van der Waals surface area contributed by atoms with Gasteiger partial charge in [-0.2, -0.15) is 0 Å². The zero-order chi connectivity index (χ0) is 28.2.